The molecule has 0 spiro atoms. The van der Waals surface area contributed by atoms with Gasteiger partial charge in [0.1, 0.15) is 0 Å². The first-order chi connectivity index (χ1) is 19.6. The molecule has 1 saturated heterocycles. The van der Waals surface area contributed by atoms with Crippen molar-refractivity contribution in [3.63, 3.8) is 0 Å². The maximum Gasteiger partial charge on any atom is 0.297 e. The van der Waals surface area contributed by atoms with Crippen molar-refractivity contribution in [3.8, 4) is 0 Å². The molecule has 0 aromatic carbocycles. The second-order valence-corrected chi connectivity index (χ2v) is 15.2. The van der Waals surface area contributed by atoms with Gasteiger partial charge in [0, 0.05) is 12.8 Å². The molecule has 0 saturated carbocycles. The summed E-state index contributed by atoms with van der Waals surface area (Å²) in [5, 5.41) is 0. The summed E-state index contributed by atoms with van der Waals surface area (Å²) in [6.07, 6.45) is 23.9. The monoisotopic (exact) mass is 633 g/mol. The van der Waals surface area contributed by atoms with Crippen LogP contribution in [0.1, 0.15) is 168 Å². The van der Waals surface area contributed by atoms with Gasteiger partial charge in [0.15, 0.2) is 10.1 Å². The van der Waals surface area contributed by atoms with Crippen LogP contribution in [0.3, 0.4) is 0 Å². The summed E-state index contributed by atoms with van der Waals surface area (Å²) in [6.45, 7) is 4.41. The molecule has 1 heterocycles. The Morgan fingerprint density at radius 1 is 0.683 bits per heavy atom. The van der Waals surface area contributed by atoms with E-state index >= 15 is 0 Å². The molecule has 0 aromatic rings. The molecule has 238 valence electrons. The van der Waals surface area contributed by atoms with Gasteiger partial charge in [-0.05, 0) is 12.8 Å². The second kappa shape index (κ2) is 21.8. The van der Waals surface area contributed by atoms with Crippen LogP contribution in [0.4, 0.5) is 0 Å². The minimum Gasteiger partial charge on any atom is -0.296 e. The Morgan fingerprint density at radius 3 is 1.39 bits per heavy atom. The van der Waals surface area contributed by atoms with Crippen molar-refractivity contribution >= 4 is 56.0 Å². The van der Waals surface area contributed by atoms with Crippen molar-refractivity contribution in [1.82, 2.24) is 4.90 Å². The number of imide groups is 1. The average molecular weight is 634 g/mol. The molecule has 7 nitrogen and oxygen atoms in total. The Hall–Kier alpha value is -0.840. The van der Waals surface area contributed by atoms with Gasteiger partial charge in [-0.1, -0.05) is 166 Å². The zero-order valence-corrected chi connectivity index (χ0v) is 28.1. The van der Waals surface area contributed by atoms with E-state index in [1.54, 1.807) is 0 Å². The molecule has 0 aromatic heterocycles. The summed E-state index contributed by atoms with van der Waals surface area (Å²) in [7, 11) is -5.14. The molecule has 0 radical (unpaired) electrons. The zero-order valence-electron chi connectivity index (χ0n) is 25.6. The fraction of sp³-hybridized carbons (Fsp3) is 0.871. The van der Waals surface area contributed by atoms with Gasteiger partial charge in [0.25, 0.3) is 20.1 Å². The molecule has 1 fully saturated rings. The van der Waals surface area contributed by atoms with E-state index in [1.165, 1.54) is 83.5 Å². The van der Waals surface area contributed by atoms with E-state index < -0.39 is 31.8 Å². The number of thiocarbonyl (C=S) groups is 1. The maximum atomic E-state index is 13.2. The zero-order chi connectivity index (χ0) is 30.6. The van der Waals surface area contributed by atoms with E-state index in [-0.39, 0.29) is 17.2 Å². The molecule has 41 heavy (non-hydrogen) atoms. The van der Waals surface area contributed by atoms with Crippen molar-refractivity contribution in [2.24, 2.45) is 0 Å². The number of ketones is 1. The Balaban J connectivity index is 2.44. The molecule has 1 unspecified atom stereocenters. The van der Waals surface area contributed by atoms with Gasteiger partial charge >= 0.3 is 0 Å². The van der Waals surface area contributed by atoms with Crippen LogP contribution in [0, 0.1) is 0 Å². The van der Waals surface area contributed by atoms with Gasteiger partial charge in [-0.3, -0.25) is 18.9 Å². The first-order valence-corrected chi connectivity index (χ1v) is 18.9. The number of hydrogen-bond donors (Lipinski definition) is 1. The molecular formula is C31H55NO6S3. The number of amides is 2. The normalized spacial score (nSPS) is 17.5. The predicted molar refractivity (Wildman–Crippen MR) is 173 cm³/mol. The Labute approximate surface area is 259 Å². The van der Waals surface area contributed by atoms with Gasteiger partial charge in [-0.25, -0.2) is 4.90 Å². The number of thioether (sulfide) groups is 1. The lowest BCUT2D eigenvalue weighted by molar-refractivity contribution is -0.140. The highest BCUT2D eigenvalue weighted by Crippen LogP contribution is 2.44. The summed E-state index contributed by atoms with van der Waals surface area (Å²) < 4.78 is 31.7. The van der Waals surface area contributed by atoms with E-state index in [9.17, 15) is 27.4 Å². The van der Waals surface area contributed by atoms with E-state index in [0.717, 1.165) is 44.9 Å². The Morgan fingerprint density at radius 2 is 1.02 bits per heavy atom. The van der Waals surface area contributed by atoms with Crippen LogP contribution in [-0.2, 0) is 24.5 Å². The third-order valence-corrected chi connectivity index (χ3v) is 11.4. The van der Waals surface area contributed by atoms with Gasteiger partial charge in [0.2, 0.25) is 5.91 Å². The van der Waals surface area contributed by atoms with Crippen LogP contribution >= 0.6 is 24.0 Å². The van der Waals surface area contributed by atoms with Crippen molar-refractivity contribution in [1.29, 1.82) is 0 Å². The molecule has 0 aliphatic carbocycles. The number of carbonyl (C=O) groups is 3. The van der Waals surface area contributed by atoms with Crippen molar-refractivity contribution in [2.75, 3.05) is 0 Å². The summed E-state index contributed by atoms with van der Waals surface area (Å²) >= 11 is 5.48. The SMILES string of the molecule is CCCCCCCCCCCCCC(=O)N1C(=O)C(C(=O)CCCCCCCCCCCCC)(S(=O)(=O)O)SC1=S. The summed E-state index contributed by atoms with van der Waals surface area (Å²) in [5.41, 5.74) is 0. The van der Waals surface area contributed by atoms with Crippen LogP contribution in [0.15, 0.2) is 0 Å². The largest absolute Gasteiger partial charge is 0.297 e. The number of carbonyl (C=O) groups excluding carboxylic acids is 3. The molecular weight excluding hydrogens is 579 g/mol. The van der Waals surface area contributed by atoms with Crippen LogP contribution < -0.4 is 0 Å². The number of nitrogens with zero attached hydrogens (tertiary/aromatic N) is 1. The second-order valence-electron chi connectivity index (χ2n) is 11.5. The number of rotatable bonds is 26. The minimum atomic E-state index is -5.14. The number of unbranched alkanes of at least 4 members (excludes halogenated alkanes) is 20. The third kappa shape index (κ3) is 13.6. The average Bonchev–Trinajstić information content (AvgIpc) is 3.21. The summed E-state index contributed by atoms with van der Waals surface area (Å²) in [4.78, 5) is 39.8. The third-order valence-electron chi connectivity index (χ3n) is 7.88. The Kier molecular flexibility index (Phi) is 20.3. The molecule has 1 aliphatic heterocycles. The lowest BCUT2D eigenvalue weighted by atomic mass is 10.0. The van der Waals surface area contributed by atoms with Crippen molar-refractivity contribution in [3.05, 3.63) is 0 Å². The summed E-state index contributed by atoms with van der Waals surface area (Å²) in [6, 6.07) is 0. The van der Waals surface area contributed by atoms with Gasteiger partial charge in [0.05, 0.1) is 0 Å². The van der Waals surface area contributed by atoms with E-state index in [0.29, 0.717) is 29.5 Å². The van der Waals surface area contributed by atoms with E-state index in [4.69, 9.17) is 12.2 Å². The van der Waals surface area contributed by atoms with Crippen molar-refractivity contribution in [2.45, 2.75) is 172 Å². The highest BCUT2D eigenvalue weighted by molar-refractivity contribution is 8.31. The van der Waals surface area contributed by atoms with E-state index in [1.807, 2.05) is 0 Å². The van der Waals surface area contributed by atoms with Crippen LogP contribution in [0.2, 0.25) is 0 Å². The number of hydrogen-bond acceptors (Lipinski definition) is 7. The van der Waals surface area contributed by atoms with Crippen LogP contribution in [0.25, 0.3) is 0 Å². The lowest BCUT2D eigenvalue weighted by Crippen LogP contribution is -2.52. The van der Waals surface area contributed by atoms with Gasteiger partial charge < -0.3 is 0 Å². The minimum absolute atomic E-state index is 0.0395. The Bertz CT molecular complexity index is 908. The van der Waals surface area contributed by atoms with E-state index in [2.05, 4.69) is 13.8 Å². The molecule has 1 rings (SSSR count). The number of Topliss-reactive ketones (excluding diaryl/α,β-unsaturated/α-hetero) is 1. The topological polar surface area (TPSA) is 109 Å². The fourth-order valence-corrected chi connectivity index (χ4v) is 8.30. The molecule has 2 amide bonds. The summed E-state index contributed by atoms with van der Waals surface area (Å²) in [5.74, 6) is -2.76. The molecule has 1 atom stereocenters. The molecule has 0 bridgehead atoms. The molecule has 1 N–H and O–H groups in total. The molecule has 10 heteroatoms. The van der Waals surface area contributed by atoms with Crippen LogP contribution in [0.5, 0.6) is 0 Å². The molecule has 1 aliphatic rings. The lowest BCUT2D eigenvalue weighted by Gasteiger charge is -2.21. The highest BCUT2D eigenvalue weighted by atomic mass is 32.3. The van der Waals surface area contributed by atoms with Crippen molar-refractivity contribution < 1.29 is 27.4 Å². The van der Waals surface area contributed by atoms with Crippen LogP contribution in [-0.4, -0.2) is 43.9 Å². The predicted octanol–water partition coefficient (Wildman–Crippen LogP) is 8.93. The standard InChI is InChI=1S/C31H55NO6S3/c1-3-5-7-9-11-13-15-17-19-21-23-25-27(33)31(41(36,37)38)29(35)32(30(39)40-31)28(34)26-24-22-20-18-16-14-12-10-8-6-4-2/h3-26H2,1-2H3,(H,36,37,38). The van der Waals surface area contributed by atoms with Gasteiger partial charge in [-0.2, -0.15) is 8.42 Å². The maximum absolute atomic E-state index is 13.2. The fourth-order valence-electron chi connectivity index (χ4n) is 5.31. The quantitative estimate of drug-likeness (QED) is 0.0435. The highest BCUT2D eigenvalue weighted by Gasteiger charge is 2.65. The first-order valence-electron chi connectivity index (χ1n) is 16.2. The smallest absolute Gasteiger partial charge is 0.296 e. The first kappa shape index (κ1) is 38.2. The van der Waals surface area contributed by atoms with Gasteiger partial charge in [-0.15, -0.1) is 0 Å².